The average Bonchev–Trinajstić information content (AvgIpc) is 2.94. The Morgan fingerprint density at radius 2 is 1.96 bits per heavy atom. The van der Waals surface area contributed by atoms with Crippen molar-refractivity contribution in [3.8, 4) is 11.5 Å². The van der Waals surface area contributed by atoms with Gasteiger partial charge in [0.15, 0.2) is 11.5 Å². The van der Waals surface area contributed by atoms with E-state index in [1.54, 1.807) is 23.1 Å². The number of nitrogens with one attached hydrogen (secondary N) is 1. The lowest BCUT2D eigenvalue weighted by Gasteiger charge is -2.20. The summed E-state index contributed by atoms with van der Waals surface area (Å²) >= 11 is 6.31. The second-order valence-electron chi connectivity index (χ2n) is 6.85. The van der Waals surface area contributed by atoms with Crippen LogP contribution < -0.4 is 19.7 Å². The van der Waals surface area contributed by atoms with Gasteiger partial charge in [-0.15, -0.1) is 0 Å². The molecular formula is C21H21ClN2O4. The van der Waals surface area contributed by atoms with Crippen LogP contribution in [-0.2, 0) is 16.0 Å². The third-order valence-electron chi connectivity index (χ3n) is 4.77. The molecule has 0 unspecified atom stereocenters. The number of benzene rings is 2. The number of amides is 2. The van der Waals surface area contributed by atoms with Gasteiger partial charge >= 0.3 is 0 Å². The smallest absolute Gasteiger partial charge is 0.228 e. The number of carbonyl (C=O) groups is 2. The van der Waals surface area contributed by atoms with Crippen molar-refractivity contribution in [2.45, 2.75) is 25.7 Å². The maximum atomic E-state index is 12.6. The number of para-hydroxylation sites is 2. The summed E-state index contributed by atoms with van der Waals surface area (Å²) in [7, 11) is 0. The van der Waals surface area contributed by atoms with Crippen molar-refractivity contribution in [1.29, 1.82) is 0 Å². The molecule has 2 aromatic rings. The number of carbonyl (C=O) groups excluding carboxylic acids is 2. The summed E-state index contributed by atoms with van der Waals surface area (Å²) in [4.78, 5) is 26.4. The minimum absolute atomic E-state index is 0.0800. The molecule has 0 atom stereocenters. The molecular weight excluding hydrogens is 380 g/mol. The second kappa shape index (κ2) is 8.10. The van der Waals surface area contributed by atoms with Gasteiger partial charge in [0.1, 0.15) is 0 Å². The molecule has 0 saturated carbocycles. The van der Waals surface area contributed by atoms with Gasteiger partial charge < -0.3 is 19.7 Å². The van der Waals surface area contributed by atoms with Gasteiger partial charge in [-0.05, 0) is 36.2 Å². The third-order valence-corrected chi connectivity index (χ3v) is 5.05. The van der Waals surface area contributed by atoms with E-state index in [1.807, 2.05) is 18.2 Å². The van der Waals surface area contributed by atoms with Crippen LogP contribution in [0.3, 0.4) is 0 Å². The van der Waals surface area contributed by atoms with Gasteiger partial charge in [-0.1, -0.05) is 23.7 Å². The number of fused-ring (bicyclic) bond motifs is 1. The van der Waals surface area contributed by atoms with Crippen LogP contribution >= 0.6 is 11.6 Å². The van der Waals surface area contributed by atoms with E-state index < -0.39 is 0 Å². The Bertz CT molecular complexity index is 915. The minimum atomic E-state index is -0.190. The monoisotopic (exact) mass is 400 g/mol. The minimum Gasteiger partial charge on any atom is -0.489 e. The predicted molar refractivity (Wildman–Crippen MR) is 107 cm³/mol. The summed E-state index contributed by atoms with van der Waals surface area (Å²) < 4.78 is 11.3. The zero-order valence-corrected chi connectivity index (χ0v) is 16.1. The molecule has 7 heteroatoms. The second-order valence-corrected chi connectivity index (χ2v) is 7.25. The molecule has 4 rings (SSSR count). The molecule has 6 nitrogen and oxygen atoms in total. The van der Waals surface area contributed by atoms with E-state index in [0.717, 1.165) is 24.1 Å². The molecule has 2 amide bonds. The third kappa shape index (κ3) is 3.92. The van der Waals surface area contributed by atoms with Crippen LogP contribution in [0.5, 0.6) is 11.5 Å². The SMILES string of the molecule is O=C(Cc1cc(Cl)c2c(c1)OCCCO2)Nc1ccccc1N1CCCC1=O. The van der Waals surface area contributed by atoms with Crippen molar-refractivity contribution in [2.24, 2.45) is 0 Å². The van der Waals surface area contributed by atoms with Crippen LogP contribution in [0, 0.1) is 0 Å². The number of rotatable bonds is 4. The fraction of sp³-hybridized carbons (Fsp3) is 0.333. The van der Waals surface area contributed by atoms with E-state index in [1.165, 1.54) is 0 Å². The molecule has 2 aliphatic rings. The molecule has 146 valence electrons. The van der Waals surface area contributed by atoms with Gasteiger partial charge in [-0.2, -0.15) is 0 Å². The Kier molecular flexibility index (Phi) is 5.39. The summed E-state index contributed by atoms with van der Waals surface area (Å²) in [6.07, 6.45) is 2.29. The van der Waals surface area contributed by atoms with Crippen LogP contribution in [-0.4, -0.2) is 31.6 Å². The number of nitrogens with zero attached hydrogens (tertiary/aromatic N) is 1. The summed E-state index contributed by atoms with van der Waals surface area (Å²) in [6, 6.07) is 10.9. The van der Waals surface area contributed by atoms with Gasteiger partial charge in [-0.25, -0.2) is 0 Å². The Hall–Kier alpha value is -2.73. The lowest BCUT2D eigenvalue weighted by atomic mass is 10.1. The molecule has 1 N–H and O–H groups in total. The number of halogens is 1. The first-order valence-electron chi connectivity index (χ1n) is 9.39. The van der Waals surface area contributed by atoms with Crippen molar-refractivity contribution >= 4 is 34.8 Å². The standard InChI is InChI=1S/C21H21ClN2O4/c22-15-11-14(12-18-21(15)28-10-4-9-27-18)13-19(25)23-16-5-1-2-6-17(16)24-8-3-7-20(24)26/h1-2,5-6,11-12H,3-4,7-10,13H2,(H,23,25). The van der Waals surface area contributed by atoms with Crippen molar-refractivity contribution in [3.05, 3.63) is 47.0 Å². The Labute approximate surface area is 168 Å². The lowest BCUT2D eigenvalue weighted by molar-refractivity contribution is -0.117. The van der Waals surface area contributed by atoms with Crippen LogP contribution in [0.1, 0.15) is 24.8 Å². The summed E-state index contributed by atoms with van der Waals surface area (Å²) in [5.74, 6) is 0.984. The normalized spacial score (nSPS) is 16.0. The van der Waals surface area contributed by atoms with Crippen molar-refractivity contribution < 1.29 is 19.1 Å². The first-order chi connectivity index (χ1) is 13.6. The summed E-state index contributed by atoms with van der Waals surface area (Å²) in [5, 5.41) is 3.36. The number of hydrogen-bond donors (Lipinski definition) is 1. The van der Waals surface area contributed by atoms with Crippen molar-refractivity contribution in [1.82, 2.24) is 0 Å². The molecule has 0 bridgehead atoms. The average molecular weight is 401 g/mol. The van der Waals surface area contributed by atoms with Crippen LogP contribution in [0.2, 0.25) is 5.02 Å². The van der Waals surface area contributed by atoms with E-state index in [4.69, 9.17) is 21.1 Å². The topological polar surface area (TPSA) is 67.9 Å². The lowest BCUT2D eigenvalue weighted by Crippen LogP contribution is -2.26. The predicted octanol–water partition coefficient (Wildman–Crippen LogP) is 3.81. The van der Waals surface area contributed by atoms with Crippen LogP contribution in [0.15, 0.2) is 36.4 Å². The first-order valence-corrected chi connectivity index (χ1v) is 9.77. The molecule has 0 spiro atoms. The highest BCUT2D eigenvalue weighted by Crippen LogP contribution is 2.38. The van der Waals surface area contributed by atoms with E-state index in [0.29, 0.717) is 48.4 Å². The fourth-order valence-corrected chi connectivity index (χ4v) is 3.77. The highest BCUT2D eigenvalue weighted by atomic mass is 35.5. The van der Waals surface area contributed by atoms with E-state index in [9.17, 15) is 9.59 Å². The number of ether oxygens (including phenoxy) is 2. The highest BCUT2D eigenvalue weighted by molar-refractivity contribution is 6.32. The molecule has 0 aliphatic carbocycles. The van der Waals surface area contributed by atoms with Gasteiger partial charge in [0.2, 0.25) is 11.8 Å². The molecule has 2 aromatic carbocycles. The van der Waals surface area contributed by atoms with E-state index >= 15 is 0 Å². The maximum absolute atomic E-state index is 12.6. The Balaban J connectivity index is 1.51. The van der Waals surface area contributed by atoms with Crippen molar-refractivity contribution in [3.63, 3.8) is 0 Å². The fourth-order valence-electron chi connectivity index (χ4n) is 3.48. The zero-order valence-electron chi connectivity index (χ0n) is 15.4. The summed E-state index contributed by atoms with van der Waals surface area (Å²) in [6.45, 7) is 1.78. The Morgan fingerprint density at radius 1 is 1.14 bits per heavy atom. The highest BCUT2D eigenvalue weighted by Gasteiger charge is 2.24. The quantitative estimate of drug-likeness (QED) is 0.847. The first kappa shape index (κ1) is 18.6. The van der Waals surface area contributed by atoms with Gasteiger partial charge in [-0.3, -0.25) is 9.59 Å². The summed E-state index contributed by atoms with van der Waals surface area (Å²) in [5.41, 5.74) is 2.10. The molecule has 0 radical (unpaired) electrons. The molecule has 2 aliphatic heterocycles. The Morgan fingerprint density at radius 3 is 2.79 bits per heavy atom. The van der Waals surface area contributed by atoms with E-state index in [-0.39, 0.29) is 18.2 Å². The number of anilines is 2. The van der Waals surface area contributed by atoms with Crippen LogP contribution in [0.4, 0.5) is 11.4 Å². The molecule has 0 aromatic heterocycles. The van der Waals surface area contributed by atoms with Crippen molar-refractivity contribution in [2.75, 3.05) is 30.0 Å². The maximum Gasteiger partial charge on any atom is 0.228 e. The van der Waals surface area contributed by atoms with E-state index in [2.05, 4.69) is 5.32 Å². The molecule has 1 saturated heterocycles. The molecule has 2 heterocycles. The molecule has 28 heavy (non-hydrogen) atoms. The zero-order chi connectivity index (χ0) is 19.5. The van der Waals surface area contributed by atoms with Gasteiger partial charge in [0, 0.05) is 19.4 Å². The molecule has 1 fully saturated rings. The van der Waals surface area contributed by atoms with Crippen LogP contribution in [0.25, 0.3) is 0 Å². The largest absolute Gasteiger partial charge is 0.489 e. The van der Waals surface area contributed by atoms with Gasteiger partial charge in [0.05, 0.1) is 36.0 Å². The number of hydrogen-bond acceptors (Lipinski definition) is 4. The van der Waals surface area contributed by atoms with Gasteiger partial charge in [0.25, 0.3) is 0 Å².